The van der Waals surface area contributed by atoms with E-state index in [1.165, 1.54) is 11.1 Å². The van der Waals surface area contributed by atoms with Crippen molar-refractivity contribution in [1.82, 2.24) is 4.90 Å². The Morgan fingerprint density at radius 1 is 1.00 bits per heavy atom. The standard InChI is InChI=1S/C20H30BNO2/c1-15(2)22-13-11-17(12-14-22)16-7-9-18(10-8-16)21-23-19(3,4)20(5,6)24-21/h7-11,15H,12-14H2,1-6H3. The van der Waals surface area contributed by atoms with Gasteiger partial charge in [0, 0.05) is 19.1 Å². The molecule has 1 fully saturated rings. The first-order valence-electron chi connectivity index (χ1n) is 9.09. The average molecular weight is 327 g/mol. The predicted molar refractivity (Wildman–Crippen MR) is 101 cm³/mol. The third-order valence-corrected chi connectivity index (χ3v) is 5.78. The van der Waals surface area contributed by atoms with Crippen LogP contribution in [0.25, 0.3) is 5.57 Å². The van der Waals surface area contributed by atoms with Gasteiger partial charge in [0.25, 0.3) is 0 Å². The third kappa shape index (κ3) is 3.33. The minimum atomic E-state index is -0.289. The van der Waals surface area contributed by atoms with E-state index < -0.39 is 0 Å². The number of rotatable bonds is 3. The Morgan fingerprint density at radius 3 is 2.04 bits per heavy atom. The van der Waals surface area contributed by atoms with Gasteiger partial charge < -0.3 is 9.31 Å². The van der Waals surface area contributed by atoms with Crippen molar-refractivity contribution in [3.05, 3.63) is 35.9 Å². The van der Waals surface area contributed by atoms with Crippen LogP contribution in [0.15, 0.2) is 30.3 Å². The lowest BCUT2D eigenvalue weighted by Gasteiger charge is -2.32. The molecule has 0 bridgehead atoms. The van der Waals surface area contributed by atoms with Gasteiger partial charge in [0.2, 0.25) is 0 Å². The Labute approximate surface area is 147 Å². The van der Waals surface area contributed by atoms with Crippen LogP contribution in [-0.4, -0.2) is 42.4 Å². The second kappa shape index (κ2) is 6.32. The Hall–Kier alpha value is -1.10. The summed E-state index contributed by atoms with van der Waals surface area (Å²) in [6.45, 7) is 15.1. The van der Waals surface area contributed by atoms with Gasteiger partial charge in [0.1, 0.15) is 0 Å². The average Bonchev–Trinajstić information content (AvgIpc) is 2.76. The lowest BCUT2D eigenvalue weighted by molar-refractivity contribution is 0.00578. The summed E-state index contributed by atoms with van der Waals surface area (Å²) in [5.41, 5.74) is 3.29. The molecule has 0 amide bonds. The Bertz CT molecular complexity index is 603. The minimum Gasteiger partial charge on any atom is -0.399 e. The van der Waals surface area contributed by atoms with Crippen LogP contribution in [0.4, 0.5) is 0 Å². The fraction of sp³-hybridized carbons (Fsp3) is 0.600. The fourth-order valence-corrected chi connectivity index (χ4v) is 3.25. The van der Waals surface area contributed by atoms with Gasteiger partial charge in [-0.3, -0.25) is 4.90 Å². The summed E-state index contributed by atoms with van der Waals surface area (Å²) in [5, 5.41) is 0. The van der Waals surface area contributed by atoms with Crippen LogP contribution >= 0.6 is 0 Å². The Kier molecular flexibility index (Phi) is 4.67. The van der Waals surface area contributed by atoms with E-state index >= 15 is 0 Å². The molecule has 0 atom stereocenters. The van der Waals surface area contributed by atoms with Gasteiger partial charge in [-0.1, -0.05) is 30.3 Å². The first-order chi connectivity index (χ1) is 11.2. The van der Waals surface area contributed by atoms with E-state index in [-0.39, 0.29) is 18.3 Å². The van der Waals surface area contributed by atoms with Crippen LogP contribution in [0.5, 0.6) is 0 Å². The highest BCUT2D eigenvalue weighted by molar-refractivity contribution is 6.62. The molecule has 0 spiro atoms. The monoisotopic (exact) mass is 327 g/mol. The number of hydrogen-bond donors (Lipinski definition) is 0. The van der Waals surface area contributed by atoms with Crippen LogP contribution in [0, 0.1) is 0 Å². The first-order valence-corrected chi connectivity index (χ1v) is 9.09. The van der Waals surface area contributed by atoms with Crippen LogP contribution < -0.4 is 5.46 Å². The van der Waals surface area contributed by atoms with Gasteiger partial charge in [0.05, 0.1) is 11.2 Å². The zero-order valence-electron chi connectivity index (χ0n) is 15.9. The zero-order chi connectivity index (χ0) is 17.5. The molecule has 2 aliphatic rings. The van der Waals surface area contributed by atoms with Crippen molar-refractivity contribution in [1.29, 1.82) is 0 Å². The van der Waals surface area contributed by atoms with Gasteiger partial charge in [-0.05, 0) is 64.6 Å². The molecule has 1 aromatic rings. The second-order valence-corrected chi connectivity index (χ2v) is 8.28. The van der Waals surface area contributed by atoms with E-state index in [2.05, 4.69) is 76.8 Å². The highest BCUT2D eigenvalue weighted by atomic mass is 16.7. The van der Waals surface area contributed by atoms with Gasteiger partial charge in [-0.15, -0.1) is 0 Å². The van der Waals surface area contributed by atoms with Crippen molar-refractivity contribution in [3.8, 4) is 0 Å². The smallest absolute Gasteiger partial charge is 0.399 e. The third-order valence-electron chi connectivity index (χ3n) is 5.78. The molecule has 0 saturated carbocycles. The topological polar surface area (TPSA) is 21.7 Å². The molecule has 24 heavy (non-hydrogen) atoms. The first kappa shape index (κ1) is 17.7. The molecule has 0 unspecified atom stereocenters. The van der Waals surface area contributed by atoms with Crippen molar-refractivity contribution in [3.63, 3.8) is 0 Å². The number of hydrogen-bond acceptors (Lipinski definition) is 3. The molecule has 0 aromatic heterocycles. The van der Waals surface area contributed by atoms with E-state index in [9.17, 15) is 0 Å². The molecule has 3 nitrogen and oxygen atoms in total. The van der Waals surface area contributed by atoms with Crippen molar-refractivity contribution in [2.75, 3.05) is 13.1 Å². The quantitative estimate of drug-likeness (QED) is 0.794. The van der Waals surface area contributed by atoms with E-state index in [0.29, 0.717) is 6.04 Å². The van der Waals surface area contributed by atoms with E-state index in [1.54, 1.807) is 0 Å². The summed E-state index contributed by atoms with van der Waals surface area (Å²) < 4.78 is 12.3. The van der Waals surface area contributed by atoms with Crippen LogP contribution in [-0.2, 0) is 9.31 Å². The maximum absolute atomic E-state index is 6.13. The lowest BCUT2D eigenvalue weighted by atomic mass is 9.78. The molecule has 4 heteroatoms. The molecule has 0 N–H and O–H groups in total. The predicted octanol–water partition coefficient (Wildman–Crippen LogP) is 3.48. The molecular weight excluding hydrogens is 297 g/mol. The molecule has 0 aliphatic carbocycles. The number of benzene rings is 1. The molecule has 1 saturated heterocycles. The Morgan fingerprint density at radius 2 is 1.58 bits per heavy atom. The molecule has 2 heterocycles. The van der Waals surface area contributed by atoms with Gasteiger partial charge >= 0.3 is 7.12 Å². The van der Waals surface area contributed by atoms with Gasteiger partial charge in [0.15, 0.2) is 0 Å². The molecule has 130 valence electrons. The summed E-state index contributed by atoms with van der Waals surface area (Å²) in [4.78, 5) is 2.50. The van der Waals surface area contributed by atoms with E-state index in [0.717, 1.165) is 25.0 Å². The fourth-order valence-electron chi connectivity index (χ4n) is 3.25. The SMILES string of the molecule is CC(C)N1CC=C(c2ccc(B3OC(C)(C)C(C)(C)O3)cc2)CC1. The summed E-state index contributed by atoms with van der Waals surface area (Å²) >= 11 is 0. The summed E-state index contributed by atoms with van der Waals surface area (Å²) in [6.07, 6.45) is 3.49. The van der Waals surface area contributed by atoms with Crippen molar-refractivity contribution in [2.24, 2.45) is 0 Å². The number of nitrogens with zero attached hydrogens (tertiary/aromatic N) is 1. The molecular formula is C20H30BNO2. The van der Waals surface area contributed by atoms with Crippen molar-refractivity contribution >= 4 is 18.2 Å². The molecule has 0 radical (unpaired) electrons. The maximum atomic E-state index is 6.13. The minimum absolute atomic E-state index is 0.277. The molecule has 1 aromatic carbocycles. The second-order valence-electron chi connectivity index (χ2n) is 8.28. The summed E-state index contributed by atoms with van der Waals surface area (Å²) in [5.74, 6) is 0. The van der Waals surface area contributed by atoms with Gasteiger partial charge in [-0.25, -0.2) is 0 Å². The summed E-state index contributed by atoms with van der Waals surface area (Å²) in [7, 11) is -0.277. The van der Waals surface area contributed by atoms with Crippen molar-refractivity contribution < 1.29 is 9.31 Å². The van der Waals surface area contributed by atoms with Gasteiger partial charge in [-0.2, -0.15) is 0 Å². The zero-order valence-corrected chi connectivity index (χ0v) is 15.9. The largest absolute Gasteiger partial charge is 0.494 e. The highest BCUT2D eigenvalue weighted by Crippen LogP contribution is 2.36. The lowest BCUT2D eigenvalue weighted by Crippen LogP contribution is -2.41. The Balaban J connectivity index is 1.71. The highest BCUT2D eigenvalue weighted by Gasteiger charge is 2.51. The van der Waals surface area contributed by atoms with E-state index in [4.69, 9.17) is 9.31 Å². The van der Waals surface area contributed by atoms with Crippen molar-refractivity contribution in [2.45, 2.75) is 65.2 Å². The van der Waals surface area contributed by atoms with E-state index in [1.807, 2.05) is 0 Å². The maximum Gasteiger partial charge on any atom is 0.494 e. The molecule has 2 aliphatic heterocycles. The molecule has 3 rings (SSSR count). The summed E-state index contributed by atoms with van der Waals surface area (Å²) in [6, 6.07) is 9.32. The van der Waals surface area contributed by atoms with Crippen LogP contribution in [0.2, 0.25) is 0 Å². The normalized spacial score (nSPS) is 23.6. The van der Waals surface area contributed by atoms with Crippen LogP contribution in [0.3, 0.4) is 0 Å². The van der Waals surface area contributed by atoms with Crippen LogP contribution in [0.1, 0.15) is 53.5 Å².